The Hall–Kier alpha value is -0.210. The Balaban J connectivity index is 0.00000144. The van der Waals surface area contributed by atoms with Crippen molar-refractivity contribution in [2.45, 2.75) is 6.92 Å². The number of ketones is 1. The molecule has 1 unspecified atom stereocenters. The van der Waals surface area contributed by atoms with E-state index in [4.69, 9.17) is 4.52 Å². The zero-order valence-electron chi connectivity index (χ0n) is 7.53. The molecule has 0 aliphatic carbocycles. The van der Waals surface area contributed by atoms with Crippen LogP contribution in [0.1, 0.15) is 17.3 Å². The molecule has 0 bridgehead atoms. The number of benzene rings is 1. The van der Waals surface area contributed by atoms with Crippen LogP contribution in [0.4, 0.5) is 0 Å². The van der Waals surface area contributed by atoms with Crippen molar-refractivity contribution in [3.63, 3.8) is 0 Å². The molecular weight excluding hydrogens is 198 g/mol. The van der Waals surface area contributed by atoms with E-state index in [1.165, 1.54) is 6.92 Å². The van der Waals surface area contributed by atoms with Gasteiger partial charge in [0, 0.05) is 29.6 Å². The van der Waals surface area contributed by atoms with Crippen molar-refractivity contribution in [2.75, 3.05) is 0 Å². The van der Waals surface area contributed by atoms with Crippen molar-refractivity contribution in [1.29, 1.82) is 0 Å². The van der Waals surface area contributed by atoms with Crippen LogP contribution in [0.5, 0.6) is 5.75 Å². The number of rotatable bonds is 3. The fourth-order valence-electron chi connectivity index (χ4n) is 0.891. The quantitative estimate of drug-likeness (QED) is 0.430. The van der Waals surface area contributed by atoms with Crippen LogP contribution in [-0.4, -0.2) is 35.3 Å². The number of Topliss-reactive ketones (excluding diaryl/α,β-unsaturated/α-hetero) is 1. The van der Waals surface area contributed by atoms with Crippen LogP contribution in [0.25, 0.3) is 0 Å². The first-order chi connectivity index (χ1) is 5.75. The second-order valence-electron chi connectivity index (χ2n) is 2.24. The number of carbonyl (C=O) groups is 1. The first-order valence-electron chi connectivity index (χ1n) is 3.39. The zero-order chi connectivity index (χ0) is 8.97. The van der Waals surface area contributed by atoms with Crippen molar-refractivity contribution in [3.05, 3.63) is 29.8 Å². The molecule has 1 rings (SSSR count). The van der Waals surface area contributed by atoms with Gasteiger partial charge in [-0.15, -0.1) is 0 Å². The molecular formula is C8H8NaO3P+. The molecule has 0 aliphatic heterocycles. The van der Waals surface area contributed by atoms with Crippen molar-refractivity contribution >= 4 is 44.0 Å². The standard InChI is InChI=1S/C8H8O3P.Na/c1-6(9)7-4-2-3-5-8(7)11-12-10;/h2-5,12H,1H3;/q+1;. The second-order valence-corrected chi connectivity index (χ2v) is 2.61. The molecule has 0 saturated carbocycles. The molecule has 0 N–H and O–H groups in total. The fourth-order valence-corrected chi connectivity index (χ4v) is 1.16. The maximum absolute atomic E-state index is 11.0. The average molecular weight is 206 g/mol. The Morgan fingerprint density at radius 3 is 2.54 bits per heavy atom. The predicted octanol–water partition coefficient (Wildman–Crippen LogP) is 1.83. The first kappa shape index (κ1) is 12.8. The third kappa shape index (κ3) is 3.57. The number of hydrogen-bond donors (Lipinski definition) is 0. The SMILES string of the molecule is CC(=O)c1ccccc1O[PH+]=O.[Na]. The largest absolute Gasteiger partial charge is 0.542 e. The van der Waals surface area contributed by atoms with Crippen molar-refractivity contribution in [2.24, 2.45) is 0 Å². The smallest absolute Gasteiger partial charge is 0.294 e. The summed E-state index contributed by atoms with van der Waals surface area (Å²) in [5.41, 5.74) is 0.459. The van der Waals surface area contributed by atoms with Crippen molar-refractivity contribution in [3.8, 4) is 5.75 Å². The number of carbonyl (C=O) groups excluding carboxylic acids is 1. The van der Waals surface area contributed by atoms with Crippen LogP contribution in [0, 0.1) is 0 Å². The Morgan fingerprint density at radius 1 is 1.38 bits per heavy atom. The molecule has 1 aromatic rings. The van der Waals surface area contributed by atoms with Crippen LogP contribution in [0.3, 0.4) is 0 Å². The van der Waals surface area contributed by atoms with Crippen LogP contribution in [0.2, 0.25) is 0 Å². The second kappa shape index (κ2) is 6.28. The van der Waals surface area contributed by atoms with Gasteiger partial charge in [-0.25, -0.2) is 0 Å². The Labute approximate surface area is 100 Å². The minimum absolute atomic E-state index is 0. The molecule has 0 fully saturated rings. The van der Waals surface area contributed by atoms with Crippen LogP contribution in [-0.2, 0) is 4.57 Å². The number of hydrogen-bond acceptors (Lipinski definition) is 3. The fraction of sp³-hybridized carbons (Fsp3) is 0.125. The monoisotopic (exact) mass is 206 g/mol. The summed E-state index contributed by atoms with van der Waals surface area (Å²) in [7, 11) is -0.878. The normalized spacial score (nSPS) is 9.00. The molecule has 63 valence electrons. The summed E-state index contributed by atoms with van der Waals surface area (Å²) >= 11 is 0. The predicted molar refractivity (Wildman–Crippen MR) is 51.8 cm³/mol. The van der Waals surface area contributed by atoms with Gasteiger partial charge in [-0.3, -0.25) is 9.32 Å². The summed E-state index contributed by atoms with van der Waals surface area (Å²) in [6.45, 7) is 1.44. The summed E-state index contributed by atoms with van der Waals surface area (Å²) in [6, 6.07) is 6.71. The molecule has 1 atom stereocenters. The van der Waals surface area contributed by atoms with E-state index in [1.807, 2.05) is 0 Å². The van der Waals surface area contributed by atoms with Gasteiger partial charge in [-0.1, -0.05) is 12.1 Å². The molecule has 0 aromatic heterocycles. The molecule has 13 heavy (non-hydrogen) atoms. The Bertz CT molecular complexity index is 314. The summed E-state index contributed by atoms with van der Waals surface area (Å²) in [5, 5.41) is 0. The van der Waals surface area contributed by atoms with E-state index in [0.717, 1.165) is 0 Å². The zero-order valence-corrected chi connectivity index (χ0v) is 10.5. The van der Waals surface area contributed by atoms with E-state index in [9.17, 15) is 9.36 Å². The van der Waals surface area contributed by atoms with Gasteiger partial charge in [-0.05, 0) is 23.6 Å². The van der Waals surface area contributed by atoms with Crippen LogP contribution in [0.15, 0.2) is 24.3 Å². The Morgan fingerprint density at radius 2 is 2.00 bits per heavy atom. The molecule has 0 spiro atoms. The Kier molecular flexibility index (Phi) is 6.17. The molecule has 5 heteroatoms. The van der Waals surface area contributed by atoms with Gasteiger partial charge in [0.25, 0.3) is 0 Å². The molecule has 1 aromatic carbocycles. The van der Waals surface area contributed by atoms with E-state index < -0.39 is 8.69 Å². The van der Waals surface area contributed by atoms with Gasteiger partial charge in [0.05, 0.1) is 5.56 Å². The van der Waals surface area contributed by atoms with Gasteiger partial charge in [-0.2, -0.15) is 0 Å². The van der Waals surface area contributed by atoms with Gasteiger partial charge in [0.1, 0.15) is 0 Å². The van der Waals surface area contributed by atoms with E-state index in [-0.39, 0.29) is 35.3 Å². The molecule has 0 aliphatic rings. The summed E-state index contributed by atoms with van der Waals surface area (Å²) in [5.74, 6) is 0.280. The summed E-state index contributed by atoms with van der Waals surface area (Å²) in [6.07, 6.45) is 0. The van der Waals surface area contributed by atoms with Crippen LogP contribution >= 0.6 is 8.69 Å². The van der Waals surface area contributed by atoms with Gasteiger partial charge in [0.2, 0.25) is 0 Å². The third-order valence-electron chi connectivity index (χ3n) is 1.42. The van der Waals surface area contributed by atoms with Crippen LogP contribution < -0.4 is 4.52 Å². The van der Waals surface area contributed by atoms with Crippen molar-refractivity contribution < 1.29 is 13.9 Å². The van der Waals surface area contributed by atoms with Gasteiger partial charge in [0.15, 0.2) is 11.5 Å². The number of para-hydroxylation sites is 1. The maximum atomic E-state index is 11.0. The molecule has 1 radical (unpaired) electrons. The van der Waals surface area contributed by atoms with Gasteiger partial charge >= 0.3 is 8.69 Å². The third-order valence-corrected chi connectivity index (χ3v) is 1.72. The summed E-state index contributed by atoms with van der Waals surface area (Å²) in [4.78, 5) is 11.0. The molecule has 0 amide bonds. The molecule has 3 nitrogen and oxygen atoms in total. The first-order valence-corrected chi connectivity index (χ1v) is 4.21. The van der Waals surface area contributed by atoms with E-state index >= 15 is 0 Å². The van der Waals surface area contributed by atoms with Crippen molar-refractivity contribution in [1.82, 2.24) is 0 Å². The van der Waals surface area contributed by atoms with E-state index in [1.54, 1.807) is 24.3 Å². The van der Waals surface area contributed by atoms with E-state index in [2.05, 4.69) is 0 Å². The van der Waals surface area contributed by atoms with E-state index in [0.29, 0.717) is 11.3 Å². The minimum Gasteiger partial charge on any atom is -0.294 e. The maximum Gasteiger partial charge on any atom is 0.542 e. The topological polar surface area (TPSA) is 43.4 Å². The molecule has 0 heterocycles. The summed E-state index contributed by atoms with van der Waals surface area (Å²) < 4.78 is 14.9. The minimum atomic E-state index is -0.878. The molecule has 0 saturated heterocycles. The average Bonchev–Trinajstić information content (AvgIpc) is 2.05. The van der Waals surface area contributed by atoms with Gasteiger partial charge < -0.3 is 0 Å².